The fourth-order valence-corrected chi connectivity index (χ4v) is 2.34. The van der Waals surface area contributed by atoms with Crippen molar-refractivity contribution in [3.8, 4) is 5.88 Å². The zero-order valence-corrected chi connectivity index (χ0v) is 14.7. The maximum atomic E-state index is 12.7. The van der Waals surface area contributed by atoms with Gasteiger partial charge < -0.3 is 15.4 Å². The van der Waals surface area contributed by atoms with E-state index in [-0.39, 0.29) is 30.2 Å². The van der Waals surface area contributed by atoms with E-state index in [1.54, 1.807) is 25.4 Å². The van der Waals surface area contributed by atoms with Crippen LogP contribution in [0.2, 0.25) is 0 Å². The van der Waals surface area contributed by atoms with Gasteiger partial charge in [0.05, 0.1) is 18.6 Å². The van der Waals surface area contributed by atoms with Gasteiger partial charge in [-0.2, -0.15) is 0 Å². The molecule has 1 aromatic heterocycles. The van der Waals surface area contributed by atoms with E-state index in [0.717, 1.165) is 5.56 Å². The van der Waals surface area contributed by atoms with Crippen LogP contribution in [0.25, 0.3) is 0 Å². The molecule has 0 spiro atoms. The molecule has 6 nitrogen and oxygen atoms in total. The third-order valence-corrected chi connectivity index (χ3v) is 3.54. The topological polar surface area (TPSA) is 80.3 Å². The van der Waals surface area contributed by atoms with Gasteiger partial charge in [0, 0.05) is 13.2 Å². The van der Waals surface area contributed by atoms with Crippen LogP contribution in [0.1, 0.15) is 42.2 Å². The molecule has 2 N–H and O–H groups in total. The van der Waals surface area contributed by atoms with E-state index < -0.39 is 6.04 Å². The molecule has 2 rings (SSSR count). The van der Waals surface area contributed by atoms with Crippen molar-refractivity contribution in [1.82, 2.24) is 15.6 Å². The standard InChI is InChI=1S/C19H23N3O3/c1-13(2)25-19-15(10-7-11-21-19)18(24)22-16(12-17(23)20-3)14-8-5-4-6-9-14/h4-11,13,16H,12H2,1-3H3,(H,20,23)(H,22,24). The molecule has 1 atom stereocenters. The molecular formula is C19H23N3O3. The van der Waals surface area contributed by atoms with Crippen LogP contribution >= 0.6 is 0 Å². The van der Waals surface area contributed by atoms with Crippen LogP contribution in [0.4, 0.5) is 0 Å². The number of hydrogen-bond donors (Lipinski definition) is 2. The summed E-state index contributed by atoms with van der Waals surface area (Å²) in [4.78, 5) is 28.7. The van der Waals surface area contributed by atoms with E-state index in [4.69, 9.17) is 4.74 Å². The highest BCUT2D eigenvalue weighted by molar-refractivity contribution is 5.96. The van der Waals surface area contributed by atoms with Crippen LogP contribution in [0.15, 0.2) is 48.7 Å². The van der Waals surface area contributed by atoms with Gasteiger partial charge in [0.2, 0.25) is 11.8 Å². The molecule has 0 fully saturated rings. The Morgan fingerprint density at radius 1 is 1.12 bits per heavy atom. The van der Waals surface area contributed by atoms with Gasteiger partial charge in [-0.05, 0) is 31.5 Å². The van der Waals surface area contributed by atoms with Crippen LogP contribution in [0, 0.1) is 0 Å². The number of aromatic nitrogens is 1. The van der Waals surface area contributed by atoms with E-state index in [1.165, 1.54) is 0 Å². The van der Waals surface area contributed by atoms with Gasteiger partial charge in [0.25, 0.3) is 5.91 Å². The Hall–Kier alpha value is -2.89. The number of carbonyl (C=O) groups is 2. The van der Waals surface area contributed by atoms with E-state index in [2.05, 4.69) is 15.6 Å². The Bertz CT molecular complexity index is 717. The summed E-state index contributed by atoms with van der Waals surface area (Å²) in [6.45, 7) is 3.74. The fraction of sp³-hybridized carbons (Fsp3) is 0.316. The first-order valence-electron chi connectivity index (χ1n) is 8.19. The third-order valence-electron chi connectivity index (χ3n) is 3.54. The number of nitrogens with zero attached hydrogens (tertiary/aromatic N) is 1. The van der Waals surface area contributed by atoms with Crippen LogP contribution in [-0.2, 0) is 4.79 Å². The zero-order chi connectivity index (χ0) is 18.2. The first kappa shape index (κ1) is 18.4. The maximum Gasteiger partial charge on any atom is 0.257 e. The predicted molar refractivity (Wildman–Crippen MR) is 95.3 cm³/mol. The minimum atomic E-state index is -0.444. The highest BCUT2D eigenvalue weighted by atomic mass is 16.5. The molecule has 1 unspecified atom stereocenters. The molecule has 1 aromatic carbocycles. The van der Waals surface area contributed by atoms with Crippen molar-refractivity contribution < 1.29 is 14.3 Å². The van der Waals surface area contributed by atoms with Gasteiger partial charge in [0.15, 0.2) is 0 Å². The van der Waals surface area contributed by atoms with Crippen LogP contribution < -0.4 is 15.4 Å². The average Bonchev–Trinajstić information content (AvgIpc) is 2.61. The molecule has 0 bridgehead atoms. The first-order valence-corrected chi connectivity index (χ1v) is 8.19. The lowest BCUT2D eigenvalue weighted by molar-refractivity contribution is -0.121. The van der Waals surface area contributed by atoms with Crippen molar-refractivity contribution in [1.29, 1.82) is 0 Å². The Morgan fingerprint density at radius 3 is 2.48 bits per heavy atom. The monoisotopic (exact) mass is 341 g/mol. The SMILES string of the molecule is CNC(=O)CC(NC(=O)c1cccnc1OC(C)C)c1ccccc1. The molecule has 6 heteroatoms. The molecule has 0 radical (unpaired) electrons. The molecule has 0 aliphatic carbocycles. The lowest BCUT2D eigenvalue weighted by atomic mass is 10.0. The molecule has 0 saturated heterocycles. The number of carbonyl (C=O) groups excluding carboxylic acids is 2. The fourth-order valence-electron chi connectivity index (χ4n) is 2.34. The molecule has 0 aliphatic rings. The number of rotatable bonds is 7. The summed E-state index contributed by atoms with van der Waals surface area (Å²) in [7, 11) is 1.57. The third kappa shape index (κ3) is 5.31. The van der Waals surface area contributed by atoms with Crippen molar-refractivity contribution in [3.63, 3.8) is 0 Å². The molecule has 0 saturated carbocycles. The van der Waals surface area contributed by atoms with Crippen molar-refractivity contribution in [2.75, 3.05) is 7.05 Å². The van der Waals surface area contributed by atoms with Gasteiger partial charge in [-0.3, -0.25) is 9.59 Å². The van der Waals surface area contributed by atoms with E-state index >= 15 is 0 Å². The maximum absolute atomic E-state index is 12.7. The number of nitrogens with one attached hydrogen (secondary N) is 2. The number of ether oxygens (including phenoxy) is 1. The summed E-state index contributed by atoms with van der Waals surface area (Å²) in [5, 5.41) is 5.50. The first-order chi connectivity index (χ1) is 12.0. The highest BCUT2D eigenvalue weighted by Gasteiger charge is 2.21. The van der Waals surface area contributed by atoms with Gasteiger partial charge >= 0.3 is 0 Å². The van der Waals surface area contributed by atoms with E-state index in [1.807, 2.05) is 44.2 Å². The number of benzene rings is 1. The van der Waals surface area contributed by atoms with Gasteiger partial charge in [-0.15, -0.1) is 0 Å². The highest BCUT2D eigenvalue weighted by Crippen LogP contribution is 2.20. The van der Waals surface area contributed by atoms with E-state index in [9.17, 15) is 9.59 Å². The Kier molecular flexibility index (Phi) is 6.51. The normalized spacial score (nSPS) is 11.7. The molecule has 1 heterocycles. The van der Waals surface area contributed by atoms with Crippen molar-refractivity contribution in [3.05, 3.63) is 59.8 Å². The van der Waals surface area contributed by atoms with Crippen molar-refractivity contribution >= 4 is 11.8 Å². The number of amides is 2. The molecule has 2 aromatic rings. The second kappa shape index (κ2) is 8.82. The van der Waals surface area contributed by atoms with Crippen LogP contribution in [-0.4, -0.2) is 29.9 Å². The van der Waals surface area contributed by atoms with Gasteiger partial charge in [-0.25, -0.2) is 4.98 Å². The minimum Gasteiger partial charge on any atom is -0.474 e. The van der Waals surface area contributed by atoms with E-state index in [0.29, 0.717) is 5.56 Å². The van der Waals surface area contributed by atoms with Gasteiger partial charge in [0.1, 0.15) is 5.56 Å². The average molecular weight is 341 g/mol. The summed E-state index contributed by atoms with van der Waals surface area (Å²) in [5.74, 6) is -0.206. The van der Waals surface area contributed by atoms with Crippen LogP contribution in [0.5, 0.6) is 5.88 Å². The Labute approximate surface area is 147 Å². The summed E-state index contributed by atoms with van der Waals surface area (Å²) < 4.78 is 5.60. The van der Waals surface area contributed by atoms with Crippen molar-refractivity contribution in [2.45, 2.75) is 32.4 Å². The second-order valence-electron chi connectivity index (χ2n) is 5.84. The second-order valence-corrected chi connectivity index (χ2v) is 5.84. The molecule has 132 valence electrons. The largest absolute Gasteiger partial charge is 0.474 e. The summed E-state index contributed by atoms with van der Waals surface area (Å²) in [6.07, 6.45) is 1.62. The molecule has 0 aliphatic heterocycles. The summed E-state index contributed by atoms with van der Waals surface area (Å²) in [6, 6.07) is 12.3. The quantitative estimate of drug-likeness (QED) is 0.811. The number of pyridine rings is 1. The van der Waals surface area contributed by atoms with Gasteiger partial charge in [-0.1, -0.05) is 30.3 Å². The molecule has 25 heavy (non-hydrogen) atoms. The Balaban J connectivity index is 2.24. The Morgan fingerprint density at radius 2 is 1.84 bits per heavy atom. The summed E-state index contributed by atoms with van der Waals surface area (Å²) >= 11 is 0. The molecule has 2 amide bonds. The van der Waals surface area contributed by atoms with Crippen LogP contribution in [0.3, 0.4) is 0 Å². The minimum absolute atomic E-state index is 0.0998. The smallest absolute Gasteiger partial charge is 0.257 e. The lowest BCUT2D eigenvalue weighted by Crippen LogP contribution is -2.33. The lowest BCUT2D eigenvalue weighted by Gasteiger charge is -2.19. The zero-order valence-electron chi connectivity index (χ0n) is 14.7. The molecular weight excluding hydrogens is 318 g/mol. The summed E-state index contributed by atoms with van der Waals surface area (Å²) in [5.41, 5.74) is 1.20. The van der Waals surface area contributed by atoms with Crippen molar-refractivity contribution in [2.24, 2.45) is 0 Å². The predicted octanol–water partition coefficient (Wildman–Crippen LogP) is 2.48. The number of hydrogen-bond acceptors (Lipinski definition) is 4.